The second kappa shape index (κ2) is 7.24. The summed E-state index contributed by atoms with van der Waals surface area (Å²) >= 11 is 0. The van der Waals surface area contributed by atoms with E-state index in [0.717, 1.165) is 0 Å². The molecular formula is C7H15NO3. The first-order valence-electron chi connectivity index (χ1n) is 3.18. The van der Waals surface area contributed by atoms with Crippen molar-refractivity contribution >= 4 is 5.97 Å². The van der Waals surface area contributed by atoms with Crippen LogP contribution in [0.2, 0.25) is 0 Å². The Hall–Kier alpha value is -0.870. The van der Waals surface area contributed by atoms with Crippen molar-refractivity contribution < 1.29 is 15.0 Å². The predicted octanol–water partition coefficient (Wildman–Crippen LogP) is -0.0270. The number of carbonyl (C=O) groups is 1. The van der Waals surface area contributed by atoms with Crippen molar-refractivity contribution in [3.8, 4) is 0 Å². The van der Waals surface area contributed by atoms with Gasteiger partial charge in [0, 0.05) is 12.1 Å². The number of carboxylic acids is 1. The Bertz CT molecular complexity index is 120. The fourth-order valence-electron chi connectivity index (χ4n) is 0. The molecule has 0 spiro atoms. The van der Waals surface area contributed by atoms with Gasteiger partial charge < -0.3 is 15.9 Å². The van der Waals surface area contributed by atoms with Crippen LogP contribution in [-0.2, 0) is 4.79 Å². The summed E-state index contributed by atoms with van der Waals surface area (Å²) in [6.45, 7) is 6.62. The van der Waals surface area contributed by atoms with Gasteiger partial charge in [0.15, 0.2) is 0 Å². The number of aliphatic carboxylic acids is 1. The second-order valence-corrected chi connectivity index (χ2v) is 2.17. The normalized spacial score (nSPS) is 10.9. The van der Waals surface area contributed by atoms with Crippen LogP contribution < -0.4 is 5.73 Å². The van der Waals surface area contributed by atoms with Crippen LogP contribution in [0.15, 0.2) is 12.2 Å². The standard InChI is InChI=1S/C4H6O2.C3H9NO/c1-3(2)4(5)6;1-3(5)2-4/h1H2,2H3,(H,5,6);3,5H,2,4H2,1H3. The maximum Gasteiger partial charge on any atom is 0.330 e. The van der Waals surface area contributed by atoms with Gasteiger partial charge in [0.2, 0.25) is 0 Å². The number of hydrogen-bond donors (Lipinski definition) is 3. The molecule has 0 rings (SSSR count). The third-order valence-electron chi connectivity index (χ3n) is 0.706. The Balaban J connectivity index is 0. The quantitative estimate of drug-likeness (QED) is 0.497. The predicted molar refractivity (Wildman–Crippen MR) is 43.2 cm³/mol. The van der Waals surface area contributed by atoms with Crippen LogP contribution in [-0.4, -0.2) is 28.8 Å². The summed E-state index contributed by atoms with van der Waals surface area (Å²) in [7, 11) is 0. The molecule has 4 nitrogen and oxygen atoms in total. The number of aliphatic hydroxyl groups excluding tert-OH is 1. The summed E-state index contributed by atoms with van der Waals surface area (Å²) in [6.07, 6.45) is -0.338. The highest BCUT2D eigenvalue weighted by atomic mass is 16.4. The molecule has 0 saturated heterocycles. The summed E-state index contributed by atoms with van der Waals surface area (Å²) in [5, 5.41) is 16.1. The lowest BCUT2D eigenvalue weighted by atomic mass is 10.4. The van der Waals surface area contributed by atoms with E-state index in [4.69, 9.17) is 15.9 Å². The molecule has 0 fully saturated rings. The fraction of sp³-hybridized carbons (Fsp3) is 0.571. The number of nitrogens with two attached hydrogens (primary N) is 1. The van der Waals surface area contributed by atoms with Gasteiger partial charge in [-0.2, -0.15) is 0 Å². The van der Waals surface area contributed by atoms with Crippen LogP contribution in [0.4, 0.5) is 0 Å². The molecule has 0 aliphatic carbocycles. The molecule has 0 saturated carbocycles. The summed E-state index contributed by atoms with van der Waals surface area (Å²) in [6, 6.07) is 0. The third kappa shape index (κ3) is 17.6. The van der Waals surface area contributed by atoms with Crippen LogP contribution in [0, 0.1) is 0 Å². The smallest absolute Gasteiger partial charge is 0.330 e. The molecule has 1 atom stereocenters. The Labute approximate surface area is 66.3 Å². The van der Waals surface area contributed by atoms with E-state index in [1.807, 2.05) is 0 Å². The minimum absolute atomic E-state index is 0.176. The monoisotopic (exact) mass is 161 g/mol. The number of rotatable bonds is 2. The summed E-state index contributed by atoms with van der Waals surface area (Å²) in [4.78, 5) is 9.60. The highest BCUT2D eigenvalue weighted by Gasteiger charge is 1.90. The molecule has 0 bridgehead atoms. The summed E-state index contributed by atoms with van der Waals surface area (Å²) < 4.78 is 0. The lowest BCUT2D eigenvalue weighted by molar-refractivity contribution is -0.132. The molecule has 66 valence electrons. The van der Waals surface area contributed by atoms with E-state index in [1.165, 1.54) is 6.92 Å². The minimum atomic E-state index is -0.935. The molecule has 4 heteroatoms. The largest absolute Gasteiger partial charge is 0.478 e. The highest BCUT2D eigenvalue weighted by molar-refractivity contribution is 5.84. The first-order chi connectivity index (χ1) is 4.91. The molecular weight excluding hydrogens is 146 g/mol. The van der Waals surface area contributed by atoms with Crippen LogP contribution >= 0.6 is 0 Å². The van der Waals surface area contributed by atoms with Crippen molar-refractivity contribution in [2.75, 3.05) is 6.54 Å². The van der Waals surface area contributed by atoms with Crippen LogP contribution in [0.25, 0.3) is 0 Å². The maximum absolute atomic E-state index is 9.60. The molecule has 0 radical (unpaired) electrons. The molecule has 0 aromatic heterocycles. The maximum atomic E-state index is 9.60. The summed E-state index contributed by atoms with van der Waals surface area (Å²) in [5.74, 6) is -0.935. The zero-order valence-electron chi connectivity index (χ0n) is 6.87. The minimum Gasteiger partial charge on any atom is -0.478 e. The molecule has 0 amide bonds. The van der Waals surface area contributed by atoms with Gasteiger partial charge in [-0.25, -0.2) is 4.79 Å². The number of carboxylic acid groups (broad SMARTS) is 1. The van der Waals surface area contributed by atoms with E-state index >= 15 is 0 Å². The van der Waals surface area contributed by atoms with Gasteiger partial charge in [0.1, 0.15) is 0 Å². The summed E-state index contributed by atoms with van der Waals surface area (Å²) in [5.41, 5.74) is 5.10. The Kier molecular flexibility index (Phi) is 8.41. The van der Waals surface area contributed by atoms with Gasteiger partial charge in [-0.3, -0.25) is 0 Å². The van der Waals surface area contributed by atoms with E-state index in [-0.39, 0.29) is 11.7 Å². The number of hydrogen-bond acceptors (Lipinski definition) is 3. The molecule has 0 heterocycles. The van der Waals surface area contributed by atoms with Crippen LogP contribution in [0.5, 0.6) is 0 Å². The average Bonchev–Trinajstić information content (AvgIpc) is 1.89. The molecule has 0 aliphatic rings. The SMILES string of the molecule is C=C(C)C(=O)O.CC(O)CN. The highest BCUT2D eigenvalue weighted by Crippen LogP contribution is 1.81. The topological polar surface area (TPSA) is 83.5 Å². The van der Waals surface area contributed by atoms with E-state index in [9.17, 15) is 4.79 Å². The Morgan fingerprint density at radius 2 is 1.91 bits per heavy atom. The van der Waals surface area contributed by atoms with Gasteiger partial charge in [-0.15, -0.1) is 0 Å². The second-order valence-electron chi connectivity index (χ2n) is 2.17. The van der Waals surface area contributed by atoms with Crippen LogP contribution in [0.3, 0.4) is 0 Å². The zero-order valence-corrected chi connectivity index (χ0v) is 6.87. The van der Waals surface area contributed by atoms with Gasteiger partial charge in [0.05, 0.1) is 6.10 Å². The van der Waals surface area contributed by atoms with Gasteiger partial charge in [-0.1, -0.05) is 6.58 Å². The molecule has 0 aromatic carbocycles. The fourth-order valence-corrected chi connectivity index (χ4v) is 0. The lowest BCUT2D eigenvalue weighted by Crippen LogP contribution is -2.14. The van der Waals surface area contributed by atoms with Gasteiger partial charge in [0.25, 0.3) is 0 Å². The van der Waals surface area contributed by atoms with Crippen LogP contribution in [0.1, 0.15) is 13.8 Å². The molecule has 4 N–H and O–H groups in total. The van der Waals surface area contributed by atoms with E-state index < -0.39 is 5.97 Å². The number of aliphatic hydroxyl groups is 1. The van der Waals surface area contributed by atoms with Gasteiger partial charge in [-0.05, 0) is 13.8 Å². The van der Waals surface area contributed by atoms with Crippen molar-refractivity contribution in [3.05, 3.63) is 12.2 Å². The van der Waals surface area contributed by atoms with Crippen molar-refractivity contribution in [3.63, 3.8) is 0 Å². The Morgan fingerprint density at radius 3 is 1.91 bits per heavy atom. The van der Waals surface area contributed by atoms with E-state index in [0.29, 0.717) is 6.54 Å². The van der Waals surface area contributed by atoms with Crippen molar-refractivity contribution in [2.24, 2.45) is 5.73 Å². The lowest BCUT2D eigenvalue weighted by Gasteiger charge is -1.91. The average molecular weight is 161 g/mol. The Morgan fingerprint density at radius 1 is 1.73 bits per heavy atom. The first-order valence-corrected chi connectivity index (χ1v) is 3.18. The van der Waals surface area contributed by atoms with Crippen molar-refractivity contribution in [1.29, 1.82) is 0 Å². The van der Waals surface area contributed by atoms with Gasteiger partial charge >= 0.3 is 5.97 Å². The third-order valence-corrected chi connectivity index (χ3v) is 0.706. The first kappa shape index (κ1) is 12.8. The van der Waals surface area contributed by atoms with Crippen molar-refractivity contribution in [2.45, 2.75) is 20.0 Å². The molecule has 0 aromatic rings. The van der Waals surface area contributed by atoms with Crippen molar-refractivity contribution in [1.82, 2.24) is 0 Å². The van der Waals surface area contributed by atoms with E-state index in [1.54, 1.807) is 6.92 Å². The molecule has 0 aliphatic heterocycles. The van der Waals surface area contributed by atoms with E-state index in [2.05, 4.69) is 6.58 Å². The zero-order chi connectivity index (χ0) is 9.44. The molecule has 1 unspecified atom stereocenters. The molecule has 11 heavy (non-hydrogen) atoms.